The van der Waals surface area contributed by atoms with E-state index in [1.807, 2.05) is 25.1 Å². The van der Waals surface area contributed by atoms with E-state index in [9.17, 15) is 0 Å². The molecule has 0 bridgehead atoms. The molecule has 0 aliphatic carbocycles. The van der Waals surface area contributed by atoms with Gasteiger partial charge in [-0.05, 0) is 25.6 Å². The average Bonchev–Trinajstić information content (AvgIpc) is 2.19. The number of alkyl halides is 1. The molecule has 1 atom stereocenters. The monoisotopic (exact) mass is 238 g/mol. The zero-order valence-corrected chi connectivity index (χ0v) is 11.3. The van der Waals surface area contributed by atoms with Gasteiger partial charge in [0.1, 0.15) is 5.00 Å². The third kappa shape index (κ3) is 2.62. The van der Waals surface area contributed by atoms with Crippen molar-refractivity contribution in [3.05, 3.63) is 29.8 Å². The smallest absolute Gasteiger partial charge is 0.119 e. The molecule has 0 aliphatic heterocycles. The van der Waals surface area contributed by atoms with Crippen molar-refractivity contribution >= 4 is 27.0 Å². The predicted molar refractivity (Wildman–Crippen MR) is 68.0 cm³/mol. The second-order valence-electron chi connectivity index (χ2n) is 3.67. The number of benzene rings is 1. The summed E-state index contributed by atoms with van der Waals surface area (Å²) in [5, 5.41) is 1.06. The fourth-order valence-electron chi connectivity index (χ4n) is 1.87. The molecule has 0 spiro atoms. The van der Waals surface area contributed by atoms with Crippen molar-refractivity contribution in [3.63, 3.8) is 0 Å². The van der Waals surface area contributed by atoms with Gasteiger partial charge < -0.3 is 0 Å². The molecule has 0 heterocycles. The summed E-state index contributed by atoms with van der Waals surface area (Å²) in [6, 6.07) is 8.11. The molecule has 0 amide bonds. The molecule has 3 radical (unpaired) electrons. The average molecular weight is 239 g/mol. The second kappa shape index (κ2) is 5.15. The minimum Gasteiger partial charge on any atom is -0.282 e. The number of hydrogen-bond acceptors (Lipinski definition) is 1. The van der Waals surface area contributed by atoms with E-state index in [1.54, 1.807) is 0 Å². The zero-order valence-electron chi connectivity index (χ0n) is 9.55. The van der Waals surface area contributed by atoms with Gasteiger partial charge >= 0.3 is 0 Å². The maximum Gasteiger partial charge on any atom is 0.119 e. The van der Waals surface area contributed by atoms with Gasteiger partial charge in [-0.25, -0.2) is 0 Å². The van der Waals surface area contributed by atoms with Crippen LogP contribution in [-0.2, 0) is 5.00 Å². The van der Waals surface area contributed by atoms with Gasteiger partial charge in [-0.2, -0.15) is 0 Å². The molecule has 3 heteroatoms. The third-order valence-corrected chi connectivity index (χ3v) is 3.65. The lowest BCUT2D eigenvalue weighted by atomic mass is 10.1. The van der Waals surface area contributed by atoms with Gasteiger partial charge in [0.2, 0.25) is 0 Å². The van der Waals surface area contributed by atoms with Crippen LogP contribution < -0.4 is 5.19 Å². The first-order chi connectivity index (χ1) is 7.04. The largest absolute Gasteiger partial charge is 0.282 e. The Morgan fingerprint density at radius 2 is 1.80 bits per heavy atom. The molecule has 0 saturated carbocycles. The minimum atomic E-state index is -0.443. The molecule has 1 unspecified atom stereocenters. The van der Waals surface area contributed by atoms with Gasteiger partial charge in [-0.1, -0.05) is 54.9 Å². The standard InChI is InChI=1S/C12H17ClNSi/c1-4-14(5-2)12(3,13)10-8-6-7-9-11(10)15/h6-9H,4-5H2,1-3H3. The van der Waals surface area contributed by atoms with E-state index in [0.717, 1.165) is 23.8 Å². The van der Waals surface area contributed by atoms with Crippen LogP contribution in [-0.4, -0.2) is 28.2 Å². The second-order valence-corrected chi connectivity index (χ2v) is 4.95. The molecule has 15 heavy (non-hydrogen) atoms. The summed E-state index contributed by atoms with van der Waals surface area (Å²) in [6.45, 7) is 8.18. The molecule has 0 aromatic heterocycles. The third-order valence-electron chi connectivity index (χ3n) is 2.78. The van der Waals surface area contributed by atoms with Crippen LogP contribution in [0, 0.1) is 0 Å². The highest BCUT2D eigenvalue weighted by Crippen LogP contribution is 2.30. The molecule has 1 aromatic rings. The minimum absolute atomic E-state index is 0.443. The normalized spacial score (nSPS) is 15.3. The van der Waals surface area contributed by atoms with E-state index >= 15 is 0 Å². The number of nitrogens with zero attached hydrogens (tertiary/aromatic N) is 1. The Morgan fingerprint density at radius 3 is 2.27 bits per heavy atom. The summed E-state index contributed by atoms with van der Waals surface area (Å²) >= 11 is 6.63. The van der Waals surface area contributed by atoms with E-state index in [2.05, 4.69) is 35.1 Å². The fourth-order valence-corrected chi connectivity index (χ4v) is 2.77. The first-order valence-electron chi connectivity index (χ1n) is 5.29. The Morgan fingerprint density at radius 1 is 1.27 bits per heavy atom. The van der Waals surface area contributed by atoms with Gasteiger partial charge in [-0.15, -0.1) is 0 Å². The van der Waals surface area contributed by atoms with Crippen molar-refractivity contribution in [3.8, 4) is 0 Å². The van der Waals surface area contributed by atoms with Crippen LogP contribution in [0.1, 0.15) is 26.3 Å². The van der Waals surface area contributed by atoms with E-state index in [4.69, 9.17) is 11.6 Å². The van der Waals surface area contributed by atoms with Crippen molar-refractivity contribution in [1.29, 1.82) is 0 Å². The molecule has 0 fully saturated rings. The van der Waals surface area contributed by atoms with Crippen molar-refractivity contribution in [2.24, 2.45) is 0 Å². The van der Waals surface area contributed by atoms with Gasteiger partial charge in [0.25, 0.3) is 0 Å². The Bertz CT molecular complexity index is 321. The highest BCUT2D eigenvalue weighted by atomic mass is 35.5. The molecule has 0 N–H and O–H groups in total. The molecule has 0 aliphatic rings. The Balaban J connectivity index is 3.09. The lowest BCUT2D eigenvalue weighted by Crippen LogP contribution is -2.42. The Kier molecular flexibility index (Phi) is 4.38. The molecular weight excluding hydrogens is 222 g/mol. The fraction of sp³-hybridized carbons (Fsp3) is 0.500. The van der Waals surface area contributed by atoms with Crippen molar-refractivity contribution in [2.75, 3.05) is 13.1 Å². The molecular formula is C12H17ClNSi. The highest BCUT2D eigenvalue weighted by Gasteiger charge is 2.30. The number of halogens is 1. The van der Waals surface area contributed by atoms with Crippen LogP contribution in [0.3, 0.4) is 0 Å². The first kappa shape index (κ1) is 12.8. The number of rotatable bonds is 4. The Hall–Kier alpha value is -0.313. The molecule has 0 saturated heterocycles. The maximum absolute atomic E-state index is 6.63. The summed E-state index contributed by atoms with van der Waals surface area (Å²) in [4.78, 5) is 1.79. The van der Waals surface area contributed by atoms with Crippen LogP contribution in [0.25, 0.3) is 0 Å². The summed E-state index contributed by atoms with van der Waals surface area (Å²) < 4.78 is 0. The molecule has 1 nitrogen and oxygen atoms in total. The predicted octanol–water partition coefficient (Wildman–Crippen LogP) is 2.23. The SMILES string of the molecule is CCN(CC)C(C)(Cl)c1ccccc1[Si]. The highest BCUT2D eigenvalue weighted by molar-refractivity contribution is 6.35. The van der Waals surface area contributed by atoms with Crippen LogP contribution in [0.2, 0.25) is 0 Å². The quantitative estimate of drug-likeness (QED) is 0.442. The van der Waals surface area contributed by atoms with E-state index in [1.165, 1.54) is 0 Å². The lowest BCUT2D eigenvalue weighted by Gasteiger charge is -2.36. The van der Waals surface area contributed by atoms with E-state index in [-0.39, 0.29) is 0 Å². The summed E-state index contributed by atoms with van der Waals surface area (Å²) in [5.41, 5.74) is 1.12. The Labute approximate surface area is 101 Å². The van der Waals surface area contributed by atoms with Gasteiger partial charge in [0, 0.05) is 0 Å². The summed E-state index contributed by atoms with van der Waals surface area (Å²) in [5.74, 6) is 0. The van der Waals surface area contributed by atoms with Crippen molar-refractivity contribution in [2.45, 2.75) is 25.8 Å². The first-order valence-corrected chi connectivity index (χ1v) is 6.16. The summed E-state index contributed by atoms with van der Waals surface area (Å²) in [6.07, 6.45) is 0. The summed E-state index contributed by atoms with van der Waals surface area (Å²) in [7, 11) is 3.60. The van der Waals surface area contributed by atoms with Gasteiger partial charge in [0.05, 0.1) is 10.2 Å². The number of hydrogen-bond donors (Lipinski definition) is 0. The molecule has 1 aromatic carbocycles. The zero-order chi connectivity index (χ0) is 11.5. The van der Waals surface area contributed by atoms with Crippen LogP contribution in [0.5, 0.6) is 0 Å². The van der Waals surface area contributed by atoms with Crippen LogP contribution in [0.15, 0.2) is 24.3 Å². The van der Waals surface area contributed by atoms with Gasteiger partial charge in [0.15, 0.2) is 0 Å². The molecule has 1 rings (SSSR count). The topological polar surface area (TPSA) is 3.24 Å². The van der Waals surface area contributed by atoms with E-state index in [0.29, 0.717) is 0 Å². The molecule has 81 valence electrons. The van der Waals surface area contributed by atoms with Crippen molar-refractivity contribution < 1.29 is 0 Å². The van der Waals surface area contributed by atoms with Crippen molar-refractivity contribution in [1.82, 2.24) is 4.90 Å². The van der Waals surface area contributed by atoms with E-state index < -0.39 is 5.00 Å². The lowest BCUT2D eigenvalue weighted by molar-refractivity contribution is 0.197. The van der Waals surface area contributed by atoms with Crippen LogP contribution >= 0.6 is 11.6 Å². The van der Waals surface area contributed by atoms with Gasteiger partial charge in [-0.3, -0.25) is 4.90 Å². The maximum atomic E-state index is 6.63. The van der Waals surface area contributed by atoms with Crippen LogP contribution in [0.4, 0.5) is 0 Å².